The number of rotatable bonds is 10. The zero-order valence-electron chi connectivity index (χ0n) is 26.8. The SMILES string of the molecule is Cc1cccc(C)c1NCC1CCCN1C(=O)c1cc(NC(=O)Nc2ccccc2)ccc1OC(c1ccccc1)c1ccccc1. The number of nitrogens with one attached hydrogen (secondary N) is 3. The van der Waals surface area contributed by atoms with E-state index in [1.165, 1.54) is 11.1 Å². The van der Waals surface area contributed by atoms with E-state index in [9.17, 15) is 9.59 Å². The molecule has 1 fully saturated rings. The maximum Gasteiger partial charge on any atom is 0.323 e. The first-order valence-corrected chi connectivity index (χ1v) is 16.1. The topological polar surface area (TPSA) is 82.7 Å². The lowest BCUT2D eigenvalue weighted by Gasteiger charge is -2.28. The lowest BCUT2D eigenvalue weighted by atomic mass is 10.0. The Labute approximate surface area is 276 Å². The number of amides is 3. The normalized spacial score (nSPS) is 14.1. The van der Waals surface area contributed by atoms with Crippen LogP contribution in [-0.4, -0.2) is 36.0 Å². The first kappa shape index (κ1) is 31.4. The predicted molar refractivity (Wildman–Crippen MR) is 189 cm³/mol. The summed E-state index contributed by atoms with van der Waals surface area (Å²) in [7, 11) is 0. The van der Waals surface area contributed by atoms with Gasteiger partial charge in [-0.2, -0.15) is 0 Å². The van der Waals surface area contributed by atoms with Gasteiger partial charge in [-0.15, -0.1) is 0 Å². The van der Waals surface area contributed by atoms with Gasteiger partial charge in [0.15, 0.2) is 0 Å². The molecule has 238 valence electrons. The van der Waals surface area contributed by atoms with Crippen molar-refractivity contribution in [3.63, 3.8) is 0 Å². The molecule has 7 nitrogen and oxygen atoms in total. The van der Waals surface area contributed by atoms with Gasteiger partial charge in [-0.3, -0.25) is 4.79 Å². The minimum atomic E-state index is -0.441. The highest BCUT2D eigenvalue weighted by atomic mass is 16.5. The number of carbonyl (C=O) groups excluding carboxylic acids is 2. The Balaban J connectivity index is 1.31. The van der Waals surface area contributed by atoms with Gasteiger partial charge < -0.3 is 25.6 Å². The standard InChI is InChI=1S/C40H40N4O3/c1-28-14-12-15-29(2)37(28)41-27-34-22-13-25-44(34)39(45)35-26-33(43-40(46)42-32-20-10-5-11-21-32)23-24-36(35)47-38(30-16-6-3-7-17-30)31-18-8-4-9-19-31/h3-12,14-21,23-24,26,34,38,41H,13,22,25,27H2,1-2H3,(H2,42,43,46). The van der Waals surface area contributed by atoms with Crippen molar-refractivity contribution in [2.24, 2.45) is 0 Å². The fourth-order valence-electron chi connectivity index (χ4n) is 6.19. The first-order valence-electron chi connectivity index (χ1n) is 16.1. The average Bonchev–Trinajstić information content (AvgIpc) is 3.57. The summed E-state index contributed by atoms with van der Waals surface area (Å²) in [6.07, 6.45) is 1.37. The number of urea groups is 1. The molecule has 0 spiro atoms. The van der Waals surface area contributed by atoms with E-state index in [-0.39, 0.29) is 11.9 Å². The molecule has 3 N–H and O–H groups in total. The Bertz CT molecular complexity index is 1750. The minimum Gasteiger partial charge on any atom is -0.480 e. The molecule has 5 aromatic rings. The molecule has 1 aliphatic heterocycles. The van der Waals surface area contributed by atoms with E-state index in [1.54, 1.807) is 18.2 Å². The Morgan fingerprint density at radius 1 is 0.745 bits per heavy atom. The van der Waals surface area contributed by atoms with E-state index >= 15 is 0 Å². The number of para-hydroxylation sites is 2. The van der Waals surface area contributed by atoms with Crippen molar-refractivity contribution in [1.82, 2.24) is 4.90 Å². The van der Waals surface area contributed by atoms with Crippen LogP contribution in [0.4, 0.5) is 21.9 Å². The summed E-state index contributed by atoms with van der Waals surface area (Å²) < 4.78 is 6.76. The van der Waals surface area contributed by atoms with E-state index in [0.717, 1.165) is 29.7 Å². The van der Waals surface area contributed by atoms with Crippen molar-refractivity contribution < 1.29 is 14.3 Å². The number of hydrogen-bond donors (Lipinski definition) is 3. The van der Waals surface area contributed by atoms with Gasteiger partial charge in [0.25, 0.3) is 5.91 Å². The minimum absolute atomic E-state index is 0.00592. The molecule has 0 aromatic heterocycles. The Morgan fingerprint density at radius 3 is 1.98 bits per heavy atom. The van der Waals surface area contributed by atoms with Crippen LogP contribution in [0.5, 0.6) is 5.75 Å². The van der Waals surface area contributed by atoms with Crippen LogP contribution in [0.2, 0.25) is 0 Å². The van der Waals surface area contributed by atoms with E-state index in [1.807, 2.05) is 95.9 Å². The number of aryl methyl sites for hydroxylation is 2. The molecule has 0 radical (unpaired) electrons. The highest BCUT2D eigenvalue weighted by molar-refractivity contribution is 6.02. The van der Waals surface area contributed by atoms with E-state index < -0.39 is 12.1 Å². The van der Waals surface area contributed by atoms with Crippen molar-refractivity contribution in [3.05, 3.63) is 155 Å². The van der Waals surface area contributed by atoms with Gasteiger partial charge >= 0.3 is 6.03 Å². The summed E-state index contributed by atoms with van der Waals surface area (Å²) in [5.41, 5.74) is 6.98. The number of hydrogen-bond acceptors (Lipinski definition) is 4. The van der Waals surface area contributed by atoms with Gasteiger partial charge in [0.2, 0.25) is 0 Å². The van der Waals surface area contributed by atoms with Crippen LogP contribution in [0.15, 0.2) is 127 Å². The van der Waals surface area contributed by atoms with Gasteiger partial charge in [0.1, 0.15) is 11.9 Å². The number of nitrogens with zero attached hydrogens (tertiary/aromatic N) is 1. The number of ether oxygens (including phenoxy) is 1. The molecule has 1 saturated heterocycles. The summed E-state index contributed by atoms with van der Waals surface area (Å²) in [5.74, 6) is 0.327. The molecule has 47 heavy (non-hydrogen) atoms. The number of anilines is 3. The van der Waals surface area contributed by atoms with Gasteiger partial charge in [-0.25, -0.2) is 4.79 Å². The second kappa shape index (κ2) is 14.7. The van der Waals surface area contributed by atoms with Gasteiger partial charge in [0, 0.05) is 36.2 Å². The smallest absolute Gasteiger partial charge is 0.323 e. The largest absolute Gasteiger partial charge is 0.480 e. The number of carbonyl (C=O) groups is 2. The maximum atomic E-state index is 14.5. The molecule has 1 aliphatic rings. The zero-order valence-corrected chi connectivity index (χ0v) is 26.8. The molecule has 0 bridgehead atoms. The summed E-state index contributed by atoms with van der Waals surface area (Å²) in [6, 6.07) is 40.4. The summed E-state index contributed by atoms with van der Waals surface area (Å²) in [4.78, 5) is 29.4. The van der Waals surface area contributed by atoms with Crippen LogP contribution in [0.1, 0.15) is 51.6 Å². The van der Waals surface area contributed by atoms with Gasteiger partial charge in [-0.05, 0) is 79.3 Å². The van der Waals surface area contributed by atoms with Crippen molar-refractivity contribution in [2.75, 3.05) is 29.0 Å². The highest BCUT2D eigenvalue weighted by Gasteiger charge is 2.32. The van der Waals surface area contributed by atoms with Crippen molar-refractivity contribution in [2.45, 2.75) is 38.8 Å². The lowest BCUT2D eigenvalue weighted by molar-refractivity contribution is 0.0737. The number of benzene rings is 5. The summed E-state index contributed by atoms with van der Waals surface area (Å²) in [5, 5.41) is 9.37. The van der Waals surface area contributed by atoms with Gasteiger partial charge in [0.05, 0.1) is 5.56 Å². The highest BCUT2D eigenvalue weighted by Crippen LogP contribution is 2.34. The molecule has 5 aromatic carbocycles. The van der Waals surface area contributed by atoms with Crippen LogP contribution < -0.4 is 20.7 Å². The molecule has 6 rings (SSSR count). The monoisotopic (exact) mass is 624 g/mol. The third kappa shape index (κ3) is 7.64. The predicted octanol–water partition coefficient (Wildman–Crippen LogP) is 8.83. The molecule has 0 aliphatic carbocycles. The zero-order chi connectivity index (χ0) is 32.6. The Hall–Kier alpha value is -5.56. The van der Waals surface area contributed by atoms with Crippen LogP contribution in [0.25, 0.3) is 0 Å². The fourth-order valence-corrected chi connectivity index (χ4v) is 6.19. The fraction of sp³-hybridized carbons (Fsp3) is 0.200. The van der Waals surface area contributed by atoms with E-state index in [0.29, 0.717) is 35.8 Å². The second-order valence-corrected chi connectivity index (χ2v) is 11.9. The van der Waals surface area contributed by atoms with Crippen LogP contribution >= 0.6 is 0 Å². The van der Waals surface area contributed by atoms with Crippen molar-refractivity contribution >= 4 is 29.0 Å². The van der Waals surface area contributed by atoms with E-state index in [2.05, 4.69) is 48.0 Å². The third-order valence-electron chi connectivity index (χ3n) is 8.58. The molecule has 7 heteroatoms. The number of likely N-dealkylation sites (tertiary alicyclic amines) is 1. The second-order valence-electron chi connectivity index (χ2n) is 11.9. The van der Waals surface area contributed by atoms with Crippen LogP contribution in [0.3, 0.4) is 0 Å². The quantitative estimate of drug-likeness (QED) is 0.145. The third-order valence-corrected chi connectivity index (χ3v) is 8.58. The van der Waals surface area contributed by atoms with Crippen LogP contribution in [0, 0.1) is 13.8 Å². The average molecular weight is 625 g/mol. The maximum absolute atomic E-state index is 14.5. The molecular formula is C40H40N4O3. The summed E-state index contributed by atoms with van der Waals surface area (Å²) >= 11 is 0. The molecule has 1 unspecified atom stereocenters. The molecular weight excluding hydrogens is 584 g/mol. The molecule has 0 saturated carbocycles. The molecule has 1 heterocycles. The Kier molecular flexibility index (Phi) is 9.82. The lowest BCUT2D eigenvalue weighted by Crippen LogP contribution is -2.40. The van der Waals surface area contributed by atoms with Crippen molar-refractivity contribution in [3.8, 4) is 5.75 Å². The molecule has 1 atom stereocenters. The van der Waals surface area contributed by atoms with Crippen LogP contribution in [-0.2, 0) is 0 Å². The van der Waals surface area contributed by atoms with Crippen molar-refractivity contribution in [1.29, 1.82) is 0 Å². The molecule has 3 amide bonds. The Morgan fingerprint density at radius 2 is 1.34 bits per heavy atom. The van der Waals surface area contributed by atoms with Gasteiger partial charge in [-0.1, -0.05) is 97.1 Å². The first-order chi connectivity index (χ1) is 23.0. The summed E-state index contributed by atoms with van der Waals surface area (Å²) in [6.45, 7) is 5.48. The van der Waals surface area contributed by atoms with E-state index in [4.69, 9.17) is 4.74 Å².